The second-order valence-corrected chi connectivity index (χ2v) is 3.79. The Labute approximate surface area is 98.5 Å². The number of hydrazine groups is 1. The molecule has 0 aliphatic heterocycles. The summed E-state index contributed by atoms with van der Waals surface area (Å²) in [6, 6.07) is 5.88. The topological polar surface area (TPSA) is 50.9 Å². The number of nitrogens with two attached hydrogens (primary N) is 1. The fourth-order valence-electron chi connectivity index (χ4n) is 1.13. The molecular formula is C8H11Cl2N3S. The van der Waals surface area contributed by atoms with Gasteiger partial charge < -0.3 is 5.43 Å². The van der Waals surface area contributed by atoms with Crippen LogP contribution in [0.15, 0.2) is 18.2 Å². The van der Waals surface area contributed by atoms with Crippen LogP contribution in [0.1, 0.15) is 5.01 Å². The van der Waals surface area contributed by atoms with E-state index in [0.29, 0.717) is 0 Å². The van der Waals surface area contributed by atoms with Gasteiger partial charge in [-0.15, -0.1) is 36.2 Å². The van der Waals surface area contributed by atoms with Crippen LogP contribution in [-0.2, 0) is 0 Å². The molecule has 0 saturated carbocycles. The van der Waals surface area contributed by atoms with Crippen LogP contribution in [0.2, 0.25) is 0 Å². The highest BCUT2D eigenvalue weighted by atomic mass is 35.5. The fourth-order valence-corrected chi connectivity index (χ4v) is 2.00. The second-order valence-electron chi connectivity index (χ2n) is 2.56. The van der Waals surface area contributed by atoms with E-state index in [9.17, 15) is 0 Å². The summed E-state index contributed by atoms with van der Waals surface area (Å²) in [7, 11) is 0. The molecule has 0 atom stereocenters. The smallest absolute Gasteiger partial charge is 0.0907 e. The molecule has 0 bridgehead atoms. The molecule has 1 heterocycles. The van der Waals surface area contributed by atoms with Gasteiger partial charge >= 0.3 is 0 Å². The fraction of sp³-hybridized carbons (Fsp3) is 0.125. The number of aromatic nitrogens is 1. The van der Waals surface area contributed by atoms with Crippen LogP contribution in [-0.4, -0.2) is 4.98 Å². The minimum absolute atomic E-state index is 0. The average Bonchev–Trinajstić information content (AvgIpc) is 2.43. The van der Waals surface area contributed by atoms with Gasteiger partial charge in [0.2, 0.25) is 0 Å². The van der Waals surface area contributed by atoms with Gasteiger partial charge in [0, 0.05) is 0 Å². The van der Waals surface area contributed by atoms with E-state index in [-0.39, 0.29) is 24.8 Å². The number of aryl methyl sites for hydroxylation is 1. The normalized spacial score (nSPS) is 9.00. The summed E-state index contributed by atoms with van der Waals surface area (Å²) in [5.41, 5.74) is 4.57. The third-order valence-electron chi connectivity index (χ3n) is 1.66. The van der Waals surface area contributed by atoms with Crippen molar-refractivity contribution in [1.82, 2.24) is 4.98 Å². The van der Waals surface area contributed by atoms with Crippen molar-refractivity contribution in [2.75, 3.05) is 5.43 Å². The molecule has 0 spiro atoms. The van der Waals surface area contributed by atoms with Crippen LogP contribution in [0, 0.1) is 6.92 Å². The van der Waals surface area contributed by atoms with Crippen molar-refractivity contribution in [3.8, 4) is 0 Å². The Balaban J connectivity index is 0.000000845. The molecule has 2 aromatic rings. The van der Waals surface area contributed by atoms with E-state index in [0.717, 1.165) is 16.2 Å². The lowest BCUT2D eigenvalue weighted by atomic mass is 10.3. The SMILES string of the molecule is Cc1nc2ccc(NN)cc2s1.Cl.Cl. The summed E-state index contributed by atoms with van der Waals surface area (Å²) < 4.78 is 1.17. The van der Waals surface area contributed by atoms with Crippen LogP contribution in [0.3, 0.4) is 0 Å². The lowest BCUT2D eigenvalue weighted by Gasteiger charge is -1.96. The van der Waals surface area contributed by atoms with Crippen molar-refractivity contribution in [2.24, 2.45) is 5.84 Å². The van der Waals surface area contributed by atoms with Crippen molar-refractivity contribution < 1.29 is 0 Å². The van der Waals surface area contributed by atoms with Crippen LogP contribution in [0.4, 0.5) is 5.69 Å². The number of benzene rings is 1. The number of nitrogen functional groups attached to an aromatic ring is 1. The molecule has 0 aliphatic carbocycles. The molecule has 0 radical (unpaired) electrons. The molecule has 78 valence electrons. The zero-order valence-electron chi connectivity index (χ0n) is 7.48. The summed E-state index contributed by atoms with van der Waals surface area (Å²) in [5, 5.41) is 1.08. The Morgan fingerprint density at radius 3 is 2.71 bits per heavy atom. The van der Waals surface area contributed by atoms with Gasteiger partial charge in [0.1, 0.15) is 0 Å². The maximum absolute atomic E-state index is 5.28. The number of anilines is 1. The zero-order valence-corrected chi connectivity index (χ0v) is 9.93. The second kappa shape index (κ2) is 5.36. The van der Waals surface area contributed by atoms with E-state index in [4.69, 9.17) is 5.84 Å². The summed E-state index contributed by atoms with van der Waals surface area (Å²) in [6.45, 7) is 2.00. The van der Waals surface area contributed by atoms with Gasteiger partial charge in [-0.25, -0.2) is 4.98 Å². The Morgan fingerprint density at radius 2 is 2.07 bits per heavy atom. The van der Waals surface area contributed by atoms with Gasteiger partial charge in [0.05, 0.1) is 20.9 Å². The molecule has 0 amide bonds. The standard InChI is InChI=1S/C8H9N3S.2ClH/c1-5-10-7-3-2-6(11-9)4-8(7)12-5;;/h2-4,11H,9H2,1H3;2*1H. The van der Waals surface area contributed by atoms with Gasteiger partial charge in [0.15, 0.2) is 0 Å². The molecule has 2 rings (SSSR count). The molecule has 0 aliphatic rings. The molecule has 0 unspecified atom stereocenters. The van der Waals surface area contributed by atoms with Crippen LogP contribution in [0.25, 0.3) is 10.2 Å². The van der Waals surface area contributed by atoms with E-state index < -0.39 is 0 Å². The van der Waals surface area contributed by atoms with Gasteiger partial charge in [-0.1, -0.05) is 0 Å². The van der Waals surface area contributed by atoms with Gasteiger partial charge in [-0.3, -0.25) is 5.84 Å². The van der Waals surface area contributed by atoms with E-state index in [1.165, 1.54) is 4.70 Å². The first kappa shape index (κ1) is 13.4. The molecule has 6 heteroatoms. The maximum atomic E-state index is 5.28. The Kier molecular flexibility index (Phi) is 5.15. The Morgan fingerprint density at radius 1 is 1.36 bits per heavy atom. The van der Waals surface area contributed by atoms with Gasteiger partial charge in [-0.05, 0) is 25.1 Å². The molecular weight excluding hydrogens is 241 g/mol. The van der Waals surface area contributed by atoms with Crippen LogP contribution in [0.5, 0.6) is 0 Å². The highest BCUT2D eigenvalue weighted by molar-refractivity contribution is 7.18. The van der Waals surface area contributed by atoms with E-state index in [1.54, 1.807) is 11.3 Å². The number of hydrogen-bond donors (Lipinski definition) is 2. The summed E-state index contributed by atoms with van der Waals surface area (Å²) in [6.07, 6.45) is 0. The molecule has 3 nitrogen and oxygen atoms in total. The third kappa shape index (κ3) is 2.48. The van der Waals surface area contributed by atoms with Crippen LogP contribution < -0.4 is 11.3 Å². The molecule has 3 N–H and O–H groups in total. The monoisotopic (exact) mass is 251 g/mol. The molecule has 1 aromatic carbocycles. The number of rotatable bonds is 1. The highest BCUT2D eigenvalue weighted by Crippen LogP contribution is 2.23. The quantitative estimate of drug-likeness (QED) is 0.606. The lowest BCUT2D eigenvalue weighted by molar-refractivity contribution is 1.34. The number of hydrogen-bond acceptors (Lipinski definition) is 4. The lowest BCUT2D eigenvalue weighted by Crippen LogP contribution is -2.05. The van der Waals surface area contributed by atoms with Gasteiger partial charge in [-0.2, -0.15) is 0 Å². The first-order valence-corrected chi connectivity index (χ1v) is 4.45. The van der Waals surface area contributed by atoms with Crippen LogP contribution >= 0.6 is 36.2 Å². The maximum Gasteiger partial charge on any atom is 0.0907 e. The minimum Gasteiger partial charge on any atom is -0.324 e. The summed E-state index contributed by atoms with van der Waals surface area (Å²) >= 11 is 1.67. The number of nitrogens with one attached hydrogen (secondary N) is 1. The predicted octanol–water partition coefficient (Wildman–Crippen LogP) is 2.73. The molecule has 0 saturated heterocycles. The van der Waals surface area contributed by atoms with Crippen molar-refractivity contribution in [3.05, 3.63) is 23.2 Å². The van der Waals surface area contributed by atoms with Gasteiger partial charge in [0.25, 0.3) is 0 Å². The van der Waals surface area contributed by atoms with E-state index >= 15 is 0 Å². The zero-order chi connectivity index (χ0) is 8.55. The Hall–Kier alpha value is -0.550. The number of fused-ring (bicyclic) bond motifs is 1. The minimum atomic E-state index is 0. The third-order valence-corrected chi connectivity index (χ3v) is 2.60. The average molecular weight is 252 g/mol. The first-order valence-electron chi connectivity index (χ1n) is 3.63. The number of thiazole rings is 1. The summed E-state index contributed by atoms with van der Waals surface area (Å²) in [4.78, 5) is 4.34. The molecule has 14 heavy (non-hydrogen) atoms. The number of nitrogens with zero attached hydrogens (tertiary/aromatic N) is 1. The Bertz CT molecular complexity index is 416. The number of halogens is 2. The van der Waals surface area contributed by atoms with Crippen molar-refractivity contribution in [3.63, 3.8) is 0 Å². The first-order chi connectivity index (χ1) is 5.79. The van der Waals surface area contributed by atoms with Crippen molar-refractivity contribution in [2.45, 2.75) is 6.92 Å². The highest BCUT2D eigenvalue weighted by Gasteiger charge is 1.99. The van der Waals surface area contributed by atoms with Crippen molar-refractivity contribution >= 4 is 52.1 Å². The predicted molar refractivity (Wildman–Crippen MR) is 66.7 cm³/mol. The summed E-state index contributed by atoms with van der Waals surface area (Å²) in [5.74, 6) is 5.28. The van der Waals surface area contributed by atoms with E-state index in [2.05, 4.69) is 10.4 Å². The van der Waals surface area contributed by atoms with E-state index in [1.807, 2.05) is 25.1 Å². The molecule has 0 fully saturated rings. The largest absolute Gasteiger partial charge is 0.324 e. The molecule has 1 aromatic heterocycles. The van der Waals surface area contributed by atoms with Crippen molar-refractivity contribution in [1.29, 1.82) is 0 Å².